The van der Waals surface area contributed by atoms with Crippen molar-refractivity contribution in [1.29, 1.82) is 0 Å². The summed E-state index contributed by atoms with van der Waals surface area (Å²) in [5.74, 6) is -1.05. The Morgan fingerprint density at radius 2 is 1.95 bits per heavy atom. The molecule has 0 atom stereocenters. The third-order valence-corrected chi connectivity index (χ3v) is 3.79. The molecule has 0 saturated carbocycles. The topological polar surface area (TPSA) is 75.1 Å². The molecule has 3 rings (SSSR count). The molecule has 0 saturated heterocycles. The minimum absolute atomic E-state index is 0.103. The highest BCUT2D eigenvalue weighted by Crippen LogP contribution is 2.15. The Kier molecular flexibility index (Phi) is 3.38. The van der Waals surface area contributed by atoms with E-state index in [-0.39, 0.29) is 15.9 Å². The second-order valence-electron chi connectivity index (χ2n) is 4.92. The summed E-state index contributed by atoms with van der Waals surface area (Å²) < 4.78 is 1.65. The number of carbonyl (C=O) groups is 1. The van der Waals surface area contributed by atoms with Gasteiger partial charge >= 0.3 is 5.97 Å². The van der Waals surface area contributed by atoms with Crippen molar-refractivity contribution in [2.45, 2.75) is 6.92 Å². The normalized spacial score (nSPS) is 10.8. The second kappa shape index (κ2) is 5.23. The molecular formula is C16H12N2O3S. The molecule has 1 aromatic heterocycles. The van der Waals surface area contributed by atoms with E-state index in [1.807, 2.05) is 31.2 Å². The van der Waals surface area contributed by atoms with Crippen molar-refractivity contribution in [2.24, 2.45) is 0 Å². The van der Waals surface area contributed by atoms with Crippen LogP contribution in [0.2, 0.25) is 0 Å². The van der Waals surface area contributed by atoms with Crippen molar-refractivity contribution < 1.29 is 9.90 Å². The molecular weight excluding hydrogens is 300 g/mol. The maximum atomic E-state index is 12.7. The molecule has 22 heavy (non-hydrogen) atoms. The third kappa shape index (κ3) is 2.23. The Labute approximate surface area is 130 Å². The van der Waals surface area contributed by atoms with Crippen LogP contribution in [0.5, 0.6) is 0 Å². The molecule has 0 spiro atoms. The summed E-state index contributed by atoms with van der Waals surface area (Å²) in [4.78, 5) is 26.7. The highest BCUT2D eigenvalue weighted by atomic mass is 32.1. The minimum Gasteiger partial charge on any atom is -0.478 e. The lowest BCUT2D eigenvalue weighted by molar-refractivity contribution is 0.0697. The molecule has 0 aliphatic carbocycles. The second-order valence-corrected chi connectivity index (χ2v) is 5.31. The number of carboxylic acid groups (broad SMARTS) is 1. The molecule has 0 aliphatic heterocycles. The fourth-order valence-electron chi connectivity index (χ4n) is 2.38. The van der Waals surface area contributed by atoms with Crippen LogP contribution in [0.15, 0.2) is 47.3 Å². The van der Waals surface area contributed by atoms with Gasteiger partial charge in [0.05, 0.1) is 22.2 Å². The summed E-state index contributed by atoms with van der Waals surface area (Å²) in [6.07, 6.45) is 0. The van der Waals surface area contributed by atoms with Crippen molar-refractivity contribution in [3.8, 4) is 5.69 Å². The number of H-pyrrole nitrogens is 1. The number of carboxylic acids is 1. The first-order chi connectivity index (χ1) is 10.5. The van der Waals surface area contributed by atoms with Gasteiger partial charge < -0.3 is 10.1 Å². The Bertz CT molecular complexity index is 1020. The van der Waals surface area contributed by atoms with E-state index in [9.17, 15) is 9.59 Å². The molecule has 5 nitrogen and oxygen atoms in total. The van der Waals surface area contributed by atoms with Gasteiger partial charge in [0, 0.05) is 0 Å². The van der Waals surface area contributed by atoms with Gasteiger partial charge in [0.25, 0.3) is 5.56 Å². The molecule has 0 fully saturated rings. The van der Waals surface area contributed by atoms with E-state index in [2.05, 4.69) is 4.98 Å². The Morgan fingerprint density at radius 3 is 2.64 bits per heavy atom. The van der Waals surface area contributed by atoms with E-state index >= 15 is 0 Å². The van der Waals surface area contributed by atoms with Crippen LogP contribution < -0.4 is 5.56 Å². The standard InChI is InChI=1S/C16H12N2O3S/c1-9-4-2-3-5-13(9)18-14(19)11-7-6-10(15(20)21)8-12(11)17-16(18)22/h2-8H,1H3,(H,17,22)(H,20,21). The number of benzene rings is 2. The van der Waals surface area contributed by atoms with Gasteiger partial charge in [-0.2, -0.15) is 0 Å². The molecule has 1 heterocycles. The van der Waals surface area contributed by atoms with Crippen molar-refractivity contribution in [1.82, 2.24) is 9.55 Å². The van der Waals surface area contributed by atoms with Gasteiger partial charge in [0.1, 0.15) is 0 Å². The lowest BCUT2D eigenvalue weighted by Gasteiger charge is -2.10. The van der Waals surface area contributed by atoms with Crippen LogP contribution in [-0.2, 0) is 0 Å². The maximum absolute atomic E-state index is 12.7. The minimum atomic E-state index is -1.05. The number of para-hydroxylation sites is 1. The molecule has 0 bridgehead atoms. The monoisotopic (exact) mass is 312 g/mol. The Morgan fingerprint density at radius 1 is 1.23 bits per heavy atom. The number of hydrogen-bond donors (Lipinski definition) is 2. The van der Waals surface area contributed by atoms with Gasteiger partial charge in [-0.25, -0.2) is 4.79 Å². The number of nitrogens with zero attached hydrogens (tertiary/aromatic N) is 1. The average molecular weight is 312 g/mol. The summed E-state index contributed by atoms with van der Waals surface area (Å²) >= 11 is 5.28. The molecule has 110 valence electrons. The number of hydrogen-bond acceptors (Lipinski definition) is 3. The number of aromatic amines is 1. The van der Waals surface area contributed by atoms with Crippen LogP contribution in [0, 0.1) is 11.7 Å². The average Bonchev–Trinajstić information content (AvgIpc) is 2.48. The zero-order valence-electron chi connectivity index (χ0n) is 11.7. The van der Waals surface area contributed by atoms with Crippen molar-refractivity contribution in [2.75, 3.05) is 0 Å². The lowest BCUT2D eigenvalue weighted by atomic mass is 10.1. The largest absolute Gasteiger partial charge is 0.478 e. The quantitative estimate of drug-likeness (QED) is 0.713. The zero-order chi connectivity index (χ0) is 15.9. The predicted molar refractivity (Wildman–Crippen MR) is 86.4 cm³/mol. The first-order valence-corrected chi connectivity index (χ1v) is 6.98. The van der Waals surface area contributed by atoms with Crippen LogP contribution in [0.4, 0.5) is 0 Å². The first kappa shape index (κ1) is 14.2. The molecule has 2 N–H and O–H groups in total. The van der Waals surface area contributed by atoms with Crippen molar-refractivity contribution >= 4 is 29.1 Å². The zero-order valence-corrected chi connectivity index (χ0v) is 12.5. The smallest absolute Gasteiger partial charge is 0.335 e. The van der Waals surface area contributed by atoms with Gasteiger partial charge in [-0.15, -0.1) is 0 Å². The van der Waals surface area contributed by atoms with E-state index in [1.165, 1.54) is 22.8 Å². The fraction of sp³-hybridized carbons (Fsp3) is 0.0625. The van der Waals surface area contributed by atoms with Crippen LogP contribution in [0.1, 0.15) is 15.9 Å². The molecule has 3 aromatic rings. The van der Waals surface area contributed by atoms with E-state index in [4.69, 9.17) is 17.3 Å². The fourth-order valence-corrected chi connectivity index (χ4v) is 2.68. The predicted octanol–water partition coefficient (Wildman–Crippen LogP) is 3.05. The summed E-state index contributed by atoms with van der Waals surface area (Å²) in [6, 6.07) is 11.8. The summed E-state index contributed by atoms with van der Waals surface area (Å²) in [5, 5.41) is 9.42. The number of rotatable bonds is 2. The number of fused-ring (bicyclic) bond motifs is 1. The van der Waals surface area contributed by atoms with Crippen LogP contribution >= 0.6 is 12.2 Å². The molecule has 0 radical (unpaired) electrons. The van der Waals surface area contributed by atoms with Crippen LogP contribution in [0.3, 0.4) is 0 Å². The van der Waals surface area contributed by atoms with E-state index < -0.39 is 5.97 Å². The number of aromatic nitrogens is 2. The van der Waals surface area contributed by atoms with Gasteiger partial charge in [0.2, 0.25) is 0 Å². The third-order valence-electron chi connectivity index (χ3n) is 3.50. The van der Waals surface area contributed by atoms with Crippen molar-refractivity contribution in [3.63, 3.8) is 0 Å². The first-order valence-electron chi connectivity index (χ1n) is 6.57. The van der Waals surface area contributed by atoms with Crippen LogP contribution in [-0.4, -0.2) is 20.6 Å². The SMILES string of the molecule is Cc1ccccc1-n1c(=S)[nH]c2cc(C(=O)O)ccc2c1=O. The summed E-state index contributed by atoms with van der Waals surface area (Å²) in [5.41, 5.74) is 1.87. The lowest BCUT2D eigenvalue weighted by Crippen LogP contribution is -2.21. The number of aryl methyl sites for hydroxylation is 1. The van der Waals surface area contributed by atoms with Crippen LogP contribution in [0.25, 0.3) is 16.6 Å². The summed E-state index contributed by atoms with van der Waals surface area (Å²) in [7, 11) is 0. The molecule has 0 aliphatic rings. The van der Waals surface area contributed by atoms with Crippen molar-refractivity contribution in [3.05, 3.63) is 68.7 Å². The number of nitrogens with one attached hydrogen (secondary N) is 1. The highest BCUT2D eigenvalue weighted by Gasteiger charge is 2.11. The molecule has 2 aromatic carbocycles. The maximum Gasteiger partial charge on any atom is 0.335 e. The molecule has 0 unspecified atom stereocenters. The molecule has 0 amide bonds. The van der Waals surface area contributed by atoms with E-state index in [0.29, 0.717) is 16.6 Å². The Hall–Kier alpha value is -2.73. The summed E-state index contributed by atoms with van der Waals surface area (Å²) in [6.45, 7) is 1.90. The van der Waals surface area contributed by atoms with Gasteiger partial charge in [-0.1, -0.05) is 18.2 Å². The van der Waals surface area contributed by atoms with E-state index in [0.717, 1.165) is 5.56 Å². The van der Waals surface area contributed by atoms with Gasteiger partial charge in [-0.05, 0) is 49.0 Å². The highest BCUT2D eigenvalue weighted by molar-refractivity contribution is 7.71. The van der Waals surface area contributed by atoms with Gasteiger partial charge in [0.15, 0.2) is 4.77 Å². The Balaban J connectivity index is 2.38. The van der Waals surface area contributed by atoms with Gasteiger partial charge in [-0.3, -0.25) is 9.36 Å². The van der Waals surface area contributed by atoms with E-state index in [1.54, 1.807) is 0 Å². The molecule has 6 heteroatoms. The number of aromatic carboxylic acids is 1.